The number of carboxylic acids is 2. The molecule has 8 heteroatoms. The largest absolute Gasteiger partial charge is 0.480 e. The van der Waals surface area contributed by atoms with Crippen molar-refractivity contribution in [2.75, 3.05) is 26.8 Å². The number of nitrogens with zero attached hydrogens (tertiary/aromatic N) is 1. The summed E-state index contributed by atoms with van der Waals surface area (Å²) in [6.45, 7) is -1.51. The van der Waals surface area contributed by atoms with E-state index in [0.29, 0.717) is 4.90 Å². The van der Waals surface area contributed by atoms with Gasteiger partial charge >= 0.3 is 11.9 Å². The van der Waals surface area contributed by atoms with Crippen LogP contribution in [0.2, 0.25) is 0 Å². The zero-order valence-corrected chi connectivity index (χ0v) is 8.75. The molecular weight excluding hydrogens is 220 g/mol. The van der Waals surface area contributed by atoms with E-state index in [1.165, 1.54) is 7.11 Å². The molecule has 0 rings (SSSR count). The van der Waals surface area contributed by atoms with Crippen LogP contribution in [-0.4, -0.2) is 65.8 Å². The van der Waals surface area contributed by atoms with Crippen molar-refractivity contribution >= 4 is 17.8 Å². The Kier molecular flexibility index (Phi) is 6.04. The fraction of sp³-hybridized carbons (Fsp3) is 0.625. The first-order valence-electron chi connectivity index (χ1n) is 4.35. The van der Waals surface area contributed by atoms with Gasteiger partial charge in [0.2, 0.25) is 5.91 Å². The van der Waals surface area contributed by atoms with Gasteiger partial charge in [0.1, 0.15) is 19.1 Å². The lowest BCUT2D eigenvalue weighted by Gasteiger charge is -2.21. The maximum Gasteiger partial charge on any atom is 0.323 e. The van der Waals surface area contributed by atoms with E-state index in [0.717, 1.165) is 0 Å². The number of aliphatic carboxylic acids is 2. The van der Waals surface area contributed by atoms with Gasteiger partial charge in [0, 0.05) is 7.11 Å². The van der Waals surface area contributed by atoms with Gasteiger partial charge in [-0.25, -0.2) is 0 Å². The Hall–Kier alpha value is -1.67. The highest BCUT2D eigenvalue weighted by Crippen LogP contribution is 1.95. The van der Waals surface area contributed by atoms with Crippen molar-refractivity contribution in [1.29, 1.82) is 0 Å². The van der Waals surface area contributed by atoms with Gasteiger partial charge < -0.3 is 25.6 Å². The molecule has 0 saturated carbocycles. The first-order valence-corrected chi connectivity index (χ1v) is 4.35. The summed E-state index contributed by atoms with van der Waals surface area (Å²) in [7, 11) is 1.33. The number of carboxylic acid groups (broad SMARTS) is 2. The molecule has 1 amide bonds. The summed E-state index contributed by atoms with van der Waals surface area (Å²) in [4.78, 5) is 33.0. The van der Waals surface area contributed by atoms with Crippen LogP contribution in [0.1, 0.15) is 0 Å². The predicted octanol–water partition coefficient (Wildman–Crippen LogP) is -2.04. The van der Waals surface area contributed by atoms with Crippen molar-refractivity contribution in [3.63, 3.8) is 0 Å². The van der Waals surface area contributed by atoms with Crippen LogP contribution in [0.25, 0.3) is 0 Å². The van der Waals surface area contributed by atoms with E-state index in [4.69, 9.17) is 15.9 Å². The molecule has 1 unspecified atom stereocenters. The van der Waals surface area contributed by atoms with Crippen molar-refractivity contribution in [3.8, 4) is 0 Å². The Morgan fingerprint density at radius 2 is 1.69 bits per heavy atom. The van der Waals surface area contributed by atoms with Crippen LogP contribution >= 0.6 is 0 Å². The number of amides is 1. The van der Waals surface area contributed by atoms with Crippen molar-refractivity contribution in [2.45, 2.75) is 6.04 Å². The third kappa shape index (κ3) is 5.27. The Balaban J connectivity index is 4.54. The molecule has 16 heavy (non-hydrogen) atoms. The van der Waals surface area contributed by atoms with Gasteiger partial charge in [-0.1, -0.05) is 0 Å². The summed E-state index contributed by atoms with van der Waals surface area (Å²) < 4.78 is 4.62. The van der Waals surface area contributed by atoms with Crippen molar-refractivity contribution in [3.05, 3.63) is 0 Å². The third-order valence-electron chi connectivity index (χ3n) is 1.63. The molecule has 0 heterocycles. The van der Waals surface area contributed by atoms with Gasteiger partial charge in [-0.3, -0.25) is 14.4 Å². The molecule has 0 saturated heterocycles. The number of rotatable bonds is 7. The molecular formula is C8H14N2O6. The molecule has 0 aliphatic rings. The van der Waals surface area contributed by atoms with Crippen LogP contribution in [0.3, 0.4) is 0 Å². The first-order chi connectivity index (χ1) is 7.38. The van der Waals surface area contributed by atoms with Crippen LogP contribution in [0, 0.1) is 0 Å². The number of carbonyl (C=O) groups excluding carboxylic acids is 1. The lowest BCUT2D eigenvalue weighted by molar-refractivity contribution is -0.150. The Morgan fingerprint density at radius 1 is 1.25 bits per heavy atom. The predicted molar refractivity (Wildman–Crippen MR) is 51.7 cm³/mol. The summed E-state index contributed by atoms with van der Waals surface area (Å²) in [6.07, 6.45) is 0. The minimum absolute atomic E-state index is 0.103. The number of hydrogen-bond acceptors (Lipinski definition) is 5. The van der Waals surface area contributed by atoms with Crippen LogP contribution in [-0.2, 0) is 19.1 Å². The third-order valence-corrected chi connectivity index (χ3v) is 1.63. The molecule has 4 N–H and O–H groups in total. The number of hydrogen-bond donors (Lipinski definition) is 3. The quantitative estimate of drug-likeness (QED) is 0.462. The molecule has 0 aliphatic heterocycles. The van der Waals surface area contributed by atoms with Gasteiger partial charge in [0.05, 0.1) is 6.61 Å². The molecule has 0 spiro atoms. The van der Waals surface area contributed by atoms with Crippen LogP contribution in [0.5, 0.6) is 0 Å². The fourth-order valence-corrected chi connectivity index (χ4v) is 1.02. The Bertz CT molecular complexity index is 264. The zero-order chi connectivity index (χ0) is 12.7. The highest BCUT2D eigenvalue weighted by atomic mass is 16.5. The van der Waals surface area contributed by atoms with Crippen LogP contribution < -0.4 is 5.73 Å². The summed E-state index contributed by atoms with van der Waals surface area (Å²) in [5, 5.41) is 17.0. The Labute approximate surface area is 91.6 Å². The minimum Gasteiger partial charge on any atom is -0.480 e. The molecule has 0 aromatic heterocycles. The minimum atomic E-state index is -1.31. The summed E-state index contributed by atoms with van der Waals surface area (Å²) in [5.41, 5.74) is 5.38. The van der Waals surface area contributed by atoms with Gasteiger partial charge in [0.15, 0.2) is 0 Å². The second-order valence-corrected chi connectivity index (χ2v) is 3.04. The van der Waals surface area contributed by atoms with E-state index in [2.05, 4.69) is 4.74 Å². The monoisotopic (exact) mass is 234 g/mol. The maximum absolute atomic E-state index is 11.5. The average Bonchev–Trinajstić information content (AvgIpc) is 2.14. The highest BCUT2D eigenvalue weighted by Gasteiger charge is 2.24. The maximum atomic E-state index is 11.5. The molecule has 0 aromatic rings. The van der Waals surface area contributed by atoms with Crippen LogP contribution in [0.15, 0.2) is 0 Å². The van der Waals surface area contributed by atoms with E-state index >= 15 is 0 Å². The molecule has 0 aromatic carbocycles. The first kappa shape index (κ1) is 14.3. The highest BCUT2D eigenvalue weighted by molar-refractivity contribution is 5.88. The van der Waals surface area contributed by atoms with E-state index in [1.807, 2.05) is 0 Å². The van der Waals surface area contributed by atoms with E-state index in [1.54, 1.807) is 0 Å². The average molecular weight is 234 g/mol. The second kappa shape index (κ2) is 6.75. The molecule has 92 valence electrons. The van der Waals surface area contributed by atoms with Gasteiger partial charge in [-0.15, -0.1) is 0 Å². The number of ether oxygens (including phenoxy) is 1. The Morgan fingerprint density at radius 3 is 2.00 bits per heavy atom. The lowest BCUT2D eigenvalue weighted by atomic mass is 10.2. The second-order valence-electron chi connectivity index (χ2n) is 3.04. The topological polar surface area (TPSA) is 130 Å². The zero-order valence-electron chi connectivity index (χ0n) is 8.75. The summed E-state index contributed by atoms with van der Waals surface area (Å²) in [6, 6.07) is -1.07. The van der Waals surface area contributed by atoms with E-state index < -0.39 is 37.0 Å². The fourth-order valence-electron chi connectivity index (χ4n) is 1.02. The number of methoxy groups -OCH3 is 1. The normalized spacial score (nSPS) is 11.9. The van der Waals surface area contributed by atoms with Gasteiger partial charge in [0.25, 0.3) is 0 Å². The standard InChI is InChI=1S/C8H14N2O6/c1-16-4-5(9)8(15)10(2-6(11)12)3-7(13)14/h5H,2-4,9H2,1H3,(H,11,12)(H,13,14). The van der Waals surface area contributed by atoms with E-state index in [-0.39, 0.29) is 6.61 Å². The van der Waals surface area contributed by atoms with Crippen molar-refractivity contribution < 1.29 is 29.3 Å². The molecule has 1 atom stereocenters. The molecule has 8 nitrogen and oxygen atoms in total. The van der Waals surface area contributed by atoms with Gasteiger partial charge in [-0.05, 0) is 0 Å². The van der Waals surface area contributed by atoms with Crippen LogP contribution in [0.4, 0.5) is 0 Å². The smallest absolute Gasteiger partial charge is 0.323 e. The van der Waals surface area contributed by atoms with Gasteiger partial charge in [-0.2, -0.15) is 0 Å². The molecule has 0 fully saturated rings. The van der Waals surface area contributed by atoms with Crippen molar-refractivity contribution in [2.24, 2.45) is 5.73 Å². The summed E-state index contributed by atoms with van der Waals surface area (Å²) in [5.74, 6) is -3.38. The molecule has 0 aliphatic carbocycles. The summed E-state index contributed by atoms with van der Waals surface area (Å²) >= 11 is 0. The van der Waals surface area contributed by atoms with E-state index in [9.17, 15) is 14.4 Å². The SMILES string of the molecule is COCC(N)C(=O)N(CC(=O)O)CC(=O)O. The number of nitrogens with two attached hydrogens (primary N) is 1. The van der Waals surface area contributed by atoms with Crippen molar-refractivity contribution in [1.82, 2.24) is 4.90 Å². The molecule has 0 bridgehead atoms. The molecule has 0 radical (unpaired) electrons. The number of carbonyl (C=O) groups is 3. The lowest BCUT2D eigenvalue weighted by Crippen LogP contribution is -2.49.